The van der Waals surface area contributed by atoms with Crippen molar-refractivity contribution in [3.8, 4) is 5.75 Å². The summed E-state index contributed by atoms with van der Waals surface area (Å²) in [4.78, 5) is 41.2. The molecule has 0 radical (unpaired) electrons. The van der Waals surface area contributed by atoms with E-state index in [0.717, 1.165) is 6.92 Å². The number of fused-ring (bicyclic) bond motifs is 4. The molecule has 2 aliphatic rings. The van der Waals surface area contributed by atoms with Gasteiger partial charge in [-0.25, -0.2) is 19.7 Å². The molecule has 3 atom stereocenters. The van der Waals surface area contributed by atoms with Crippen LogP contribution in [0.5, 0.6) is 5.75 Å². The van der Waals surface area contributed by atoms with Crippen LogP contribution in [-0.2, 0) is 0 Å². The first-order valence-electron chi connectivity index (χ1n) is 11.0. The molecule has 1 fully saturated rings. The average Bonchev–Trinajstić information content (AvgIpc) is 3.26. The number of nitrogens with one attached hydrogen (secondary N) is 2. The molecule has 3 amide bonds. The van der Waals surface area contributed by atoms with Crippen LogP contribution in [0.25, 0.3) is 0 Å². The molecule has 2 aromatic rings. The highest BCUT2D eigenvalue weighted by Crippen LogP contribution is 2.39. The zero-order valence-electron chi connectivity index (χ0n) is 19.1. The fraction of sp³-hybridized carbons (Fsp3) is 0.476. The molecule has 0 aliphatic carbocycles. The summed E-state index contributed by atoms with van der Waals surface area (Å²) in [6.45, 7) is 1.36. The summed E-state index contributed by atoms with van der Waals surface area (Å²) in [5.74, 6) is -0.710. The van der Waals surface area contributed by atoms with Gasteiger partial charge in [0.15, 0.2) is 11.6 Å². The van der Waals surface area contributed by atoms with Crippen molar-refractivity contribution in [2.24, 2.45) is 0 Å². The first kappa shape index (κ1) is 25.4. The van der Waals surface area contributed by atoms with Gasteiger partial charge in [0.1, 0.15) is 24.4 Å². The number of ether oxygens (including phenoxy) is 1. The van der Waals surface area contributed by atoms with E-state index in [0.29, 0.717) is 25.2 Å². The van der Waals surface area contributed by atoms with E-state index >= 15 is 0 Å². The Morgan fingerprint density at radius 1 is 1.28 bits per heavy atom. The Balaban J connectivity index is 1.51. The summed E-state index contributed by atoms with van der Waals surface area (Å²) in [7, 11) is 0. The normalized spacial score (nSPS) is 18.3. The molecule has 2 aromatic heterocycles. The predicted molar refractivity (Wildman–Crippen MR) is 120 cm³/mol. The number of aliphatic hydroxyl groups is 2. The number of amides is 3. The zero-order chi connectivity index (χ0) is 26.0. The van der Waals surface area contributed by atoms with E-state index in [-0.39, 0.29) is 35.9 Å². The van der Waals surface area contributed by atoms with Crippen molar-refractivity contribution < 1.29 is 37.7 Å². The Kier molecular flexibility index (Phi) is 7.12. The molecule has 0 unspecified atom stereocenters. The SMILES string of the molecule is C[C@@H](NC(=O)c1ccc2c(n1)N(C(=O)Nc1ncc(OC[C@@H](O)CO)cn1)[C@H]1CCN2C1)C(F)(F)F. The third-order valence-corrected chi connectivity index (χ3v) is 5.74. The van der Waals surface area contributed by atoms with Gasteiger partial charge in [0, 0.05) is 13.1 Å². The van der Waals surface area contributed by atoms with E-state index in [2.05, 4.69) is 20.3 Å². The first-order chi connectivity index (χ1) is 17.1. The van der Waals surface area contributed by atoms with E-state index in [9.17, 15) is 27.9 Å². The highest BCUT2D eigenvalue weighted by molar-refractivity contribution is 6.04. The smallest absolute Gasteiger partial charge is 0.408 e. The number of carbonyl (C=O) groups is 2. The third-order valence-electron chi connectivity index (χ3n) is 5.74. The third kappa shape index (κ3) is 5.41. The summed E-state index contributed by atoms with van der Waals surface area (Å²) in [6.07, 6.45) is -2.50. The van der Waals surface area contributed by atoms with E-state index in [1.807, 2.05) is 10.2 Å². The fourth-order valence-electron chi connectivity index (χ4n) is 3.81. The van der Waals surface area contributed by atoms with Crippen LogP contribution in [0.3, 0.4) is 0 Å². The molecular formula is C21H24F3N7O5. The van der Waals surface area contributed by atoms with E-state index < -0.39 is 36.9 Å². The molecule has 36 heavy (non-hydrogen) atoms. The number of halogens is 3. The van der Waals surface area contributed by atoms with Crippen LogP contribution >= 0.6 is 0 Å². The van der Waals surface area contributed by atoms with E-state index in [1.54, 1.807) is 6.07 Å². The highest BCUT2D eigenvalue weighted by atomic mass is 19.4. The van der Waals surface area contributed by atoms with E-state index in [1.165, 1.54) is 23.4 Å². The quantitative estimate of drug-likeness (QED) is 0.425. The standard InChI is InChI=1S/C21H24F3N7O5/c1-11(21(22,23)24)27-18(34)15-2-3-16-17(28-15)31(12-4-5-30(16)8-12)20(35)29-19-25-6-14(7-26-19)36-10-13(33)9-32/h2-3,6-7,11-13,32-33H,4-5,8-10H2,1H3,(H,27,34)(H,25,26,29,35)/t11-,12+,13+/m1/s1. The summed E-state index contributed by atoms with van der Waals surface area (Å²) < 4.78 is 43.8. The number of alkyl halides is 3. The van der Waals surface area contributed by atoms with Crippen molar-refractivity contribution in [2.75, 3.05) is 41.4 Å². The minimum absolute atomic E-state index is 0.0510. The Morgan fingerprint density at radius 3 is 2.67 bits per heavy atom. The van der Waals surface area contributed by atoms with Crippen molar-refractivity contribution in [3.05, 3.63) is 30.2 Å². The number of anilines is 3. The van der Waals surface area contributed by atoms with Crippen molar-refractivity contribution in [3.63, 3.8) is 0 Å². The monoisotopic (exact) mass is 511 g/mol. The second kappa shape index (κ2) is 10.1. The number of hydrogen-bond acceptors (Lipinski definition) is 9. The molecular weight excluding hydrogens is 487 g/mol. The van der Waals surface area contributed by atoms with Gasteiger partial charge in [0.2, 0.25) is 5.95 Å². The largest absolute Gasteiger partial charge is 0.488 e. The van der Waals surface area contributed by atoms with E-state index in [4.69, 9.17) is 9.84 Å². The molecule has 4 rings (SSSR count). The number of carbonyl (C=O) groups excluding carboxylic acids is 2. The second-order valence-corrected chi connectivity index (χ2v) is 8.35. The van der Waals surface area contributed by atoms with Gasteiger partial charge in [0.25, 0.3) is 5.91 Å². The van der Waals surface area contributed by atoms with Gasteiger partial charge in [-0.3, -0.25) is 15.0 Å². The maximum absolute atomic E-state index is 13.2. The van der Waals surface area contributed by atoms with Crippen molar-refractivity contribution in [2.45, 2.75) is 37.7 Å². The molecule has 12 nitrogen and oxygen atoms in total. The summed E-state index contributed by atoms with van der Waals surface area (Å²) in [5.41, 5.74) is 0.319. The number of pyridine rings is 1. The van der Waals surface area contributed by atoms with Crippen molar-refractivity contribution >= 4 is 29.4 Å². The minimum Gasteiger partial charge on any atom is -0.488 e. The molecule has 4 heterocycles. The number of aromatic nitrogens is 3. The predicted octanol–water partition coefficient (Wildman–Crippen LogP) is 0.915. The topological polar surface area (TPSA) is 153 Å². The van der Waals surface area contributed by atoms with Crippen molar-refractivity contribution in [1.82, 2.24) is 20.3 Å². The van der Waals surface area contributed by atoms with Crippen LogP contribution < -0.4 is 25.2 Å². The van der Waals surface area contributed by atoms with Crippen LogP contribution in [0.2, 0.25) is 0 Å². The fourth-order valence-corrected chi connectivity index (χ4v) is 3.81. The Hall–Kier alpha value is -3.72. The molecule has 15 heteroatoms. The van der Waals surface area contributed by atoms with Gasteiger partial charge >= 0.3 is 12.2 Å². The van der Waals surface area contributed by atoms with Gasteiger partial charge in [0.05, 0.1) is 30.7 Å². The van der Waals surface area contributed by atoms with Crippen LogP contribution in [-0.4, -0.2) is 87.8 Å². The van der Waals surface area contributed by atoms with Gasteiger partial charge in [-0.2, -0.15) is 13.2 Å². The van der Waals surface area contributed by atoms with Gasteiger partial charge in [-0.05, 0) is 25.5 Å². The Morgan fingerprint density at radius 2 is 2.00 bits per heavy atom. The molecule has 2 bridgehead atoms. The maximum atomic E-state index is 13.2. The number of nitrogens with zero attached hydrogens (tertiary/aromatic N) is 5. The minimum atomic E-state index is -4.61. The number of urea groups is 1. The maximum Gasteiger partial charge on any atom is 0.408 e. The number of aliphatic hydroxyl groups excluding tert-OH is 2. The first-order valence-corrected chi connectivity index (χ1v) is 11.0. The lowest BCUT2D eigenvalue weighted by atomic mass is 10.1. The summed E-state index contributed by atoms with van der Waals surface area (Å²) in [6, 6.07) is -0.0958. The molecule has 194 valence electrons. The Labute approximate surface area is 203 Å². The summed E-state index contributed by atoms with van der Waals surface area (Å²) in [5, 5.41) is 22.6. The molecule has 1 saturated heterocycles. The number of hydrogen-bond donors (Lipinski definition) is 4. The van der Waals surface area contributed by atoms with Gasteiger partial charge < -0.3 is 25.2 Å². The lowest BCUT2D eigenvalue weighted by Crippen LogP contribution is -2.49. The van der Waals surface area contributed by atoms with Crippen LogP contribution in [0.4, 0.5) is 35.4 Å². The highest BCUT2D eigenvalue weighted by Gasteiger charge is 2.41. The summed E-state index contributed by atoms with van der Waals surface area (Å²) >= 11 is 0. The zero-order valence-corrected chi connectivity index (χ0v) is 19.1. The van der Waals surface area contributed by atoms with Gasteiger partial charge in [-0.1, -0.05) is 0 Å². The van der Waals surface area contributed by atoms with Crippen LogP contribution in [0, 0.1) is 0 Å². The molecule has 2 aliphatic heterocycles. The van der Waals surface area contributed by atoms with Gasteiger partial charge in [-0.15, -0.1) is 0 Å². The lowest BCUT2D eigenvalue weighted by molar-refractivity contribution is -0.149. The van der Waals surface area contributed by atoms with Crippen molar-refractivity contribution in [1.29, 1.82) is 0 Å². The molecule has 4 N–H and O–H groups in total. The number of rotatable bonds is 7. The lowest BCUT2D eigenvalue weighted by Gasteiger charge is -2.35. The van der Waals surface area contributed by atoms with Crippen LogP contribution in [0.1, 0.15) is 23.8 Å². The molecule has 0 spiro atoms. The molecule has 0 aromatic carbocycles. The Bertz CT molecular complexity index is 1120. The van der Waals surface area contributed by atoms with Crippen LogP contribution in [0.15, 0.2) is 24.5 Å². The second-order valence-electron chi connectivity index (χ2n) is 8.35. The average molecular weight is 511 g/mol. The molecule has 0 saturated carbocycles.